The number of ether oxygens (including phenoxy) is 1. The molecule has 29 heavy (non-hydrogen) atoms. The van der Waals surface area contributed by atoms with Crippen molar-refractivity contribution >= 4 is 34.7 Å². The number of amides is 2. The zero-order chi connectivity index (χ0) is 21.0. The van der Waals surface area contributed by atoms with E-state index in [0.717, 1.165) is 16.8 Å². The van der Waals surface area contributed by atoms with E-state index < -0.39 is 0 Å². The highest BCUT2D eigenvalue weighted by molar-refractivity contribution is 6.37. The van der Waals surface area contributed by atoms with Crippen LogP contribution in [-0.4, -0.2) is 36.5 Å². The monoisotopic (exact) mass is 412 g/mol. The number of nitrogens with zero attached hydrogens (tertiary/aromatic N) is 1. The maximum Gasteiger partial charge on any atom is 0.278 e. The molecule has 6 heteroatoms. The molecule has 0 aliphatic carbocycles. The van der Waals surface area contributed by atoms with Crippen LogP contribution in [0, 0.1) is 13.8 Å². The van der Waals surface area contributed by atoms with E-state index in [-0.39, 0.29) is 11.8 Å². The van der Waals surface area contributed by atoms with Gasteiger partial charge in [0.25, 0.3) is 11.8 Å². The van der Waals surface area contributed by atoms with Gasteiger partial charge in [0, 0.05) is 30.5 Å². The molecule has 0 bridgehead atoms. The van der Waals surface area contributed by atoms with Crippen molar-refractivity contribution in [3.05, 3.63) is 69.9 Å². The van der Waals surface area contributed by atoms with Crippen molar-refractivity contribution in [3.8, 4) is 0 Å². The van der Waals surface area contributed by atoms with Crippen molar-refractivity contribution < 1.29 is 14.3 Å². The molecule has 5 nitrogen and oxygen atoms in total. The van der Waals surface area contributed by atoms with Crippen LogP contribution in [0.5, 0.6) is 0 Å². The molecule has 2 amide bonds. The van der Waals surface area contributed by atoms with Crippen LogP contribution in [0.3, 0.4) is 0 Å². The standard InChI is InChI=1S/C23H25ClN2O3/c1-4-29-13-5-12-26-22(27)20(17-7-9-18(24)10-8-17)21(23(26)28)25-19-11-6-15(2)14-16(19)3/h6-11,14,25H,4-5,12-13H2,1-3H3. The van der Waals surface area contributed by atoms with E-state index in [4.69, 9.17) is 16.3 Å². The molecule has 2 aromatic rings. The molecule has 0 aromatic heterocycles. The van der Waals surface area contributed by atoms with E-state index in [1.807, 2.05) is 39.0 Å². The van der Waals surface area contributed by atoms with Crippen molar-refractivity contribution in [2.45, 2.75) is 27.2 Å². The summed E-state index contributed by atoms with van der Waals surface area (Å²) in [5, 5.41) is 3.79. The van der Waals surface area contributed by atoms with E-state index in [1.54, 1.807) is 24.3 Å². The van der Waals surface area contributed by atoms with Gasteiger partial charge in [0.1, 0.15) is 5.70 Å². The third-order valence-corrected chi connectivity index (χ3v) is 5.07. The lowest BCUT2D eigenvalue weighted by molar-refractivity contribution is -0.137. The first kappa shape index (κ1) is 21.1. The Morgan fingerprint density at radius 1 is 1.03 bits per heavy atom. The summed E-state index contributed by atoms with van der Waals surface area (Å²) in [7, 11) is 0. The molecule has 0 spiro atoms. The van der Waals surface area contributed by atoms with Crippen LogP contribution < -0.4 is 5.32 Å². The molecule has 0 atom stereocenters. The molecule has 3 rings (SSSR count). The minimum Gasteiger partial charge on any atom is -0.382 e. The summed E-state index contributed by atoms with van der Waals surface area (Å²) >= 11 is 6.00. The summed E-state index contributed by atoms with van der Waals surface area (Å²) in [6.45, 7) is 7.32. The number of aryl methyl sites for hydroxylation is 2. The first-order valence-electron chi connectivity index (χ1n) is 9.70. The Bertz CT molecular complexity index is 951. The number of anilines is 1. The normalized spacial score (nSPS) is 14.1. The fourth-order valence-electron chi connectivity index (χ4n) is 3.34. The number of carbonyl (C=O) groups is 2. The van der Waals surface area contributed by atoms with Gasteiger partial charge in [-0.25, -0.2) is 0 Å². The second-order valence-corrected chi connectivity index (χ2v) is 7.45. The fourth-order valence-corrected chi connectivity index (χ4v) is 3.46. The summed E-state index contributed by atoms with van der Waals surface area (Å²) in [6, 6.07) is 12.9. The highest BCUT2D eigenvalue weighted by atomic mass is 35.5. The average Bonchev–Trinajstić information content (AvgIpc) is 2.92. The number of hydrogen-bond acceptors (Lipinski definition) is 4. The van der Waals surface area contributed by atoms with Crippen LogP contribution in [0.2, 0.25) is 5.02 Å². The van der Waals surface area contributed by atoms with Gasteiger partial charge in [-0.1, -0.05) is 41.4 Å². The molecular weight excluding hydrogens is 388 g/mol. The molecule has 0 radical (unpaired) electrons. The van der Waals surface area contributed by atoms with Gasteiger partial charge in [0.05, 0.1) is 5.57 Å². The van der Waals surface area contributed by atoms with Crippen molar-refractivity contribution in [3.63, 3.8) is 0 Å². The molecule has 1 heterocycles. The Kier molecular flexibility index (Phi) is 6.72. The van der Waals surface area contributed by atoms with E-state index >= 15 is 0 Å². The number of halogens is 1. The zero-order valence-corrected chi connectivity index (χ0v) is 17.7. The van der Waals surface area contributed by atoms with Crippen LogP contribution in [0.25, 0.3) is 5.57 Å². The molecule has 0 saturated heterocycles. The van der Waals surface area contributed by atoms with E-state index in [9.17, 15) is 9.59 Å². The van der Waals surface area contributed by atoms with Gasteiger partial charge >= 0.3 is 0 Å². The SMILES string of the molecule is CCOCCCN1C(=O)C(Nc2ccc(C)cc2C)=C(c2ccc(Cl)cc2)C1=O. The zero-order valence-electron chi connectivity index (χ0n) is 16.9. The van der Waals surface area contributed by atoms with Gasteiger partial charge in [-0.2, -0.15) is 0 Å². The van der Waals surface area contributed by atoms with Crippen LogP contribution in [0.1, 0.15) is 30.0 Å². The maximum atomic E-state index is 13.1. The molecule has 1 N–H and O–H groups in total. The lowest BCUT2D eigenvalue weighted by Gasteiger charge is -2.15. The van der Waals surface area contributed by atoms with Crippen molar-refractivity contribution in [2.24, 2.45) is 0 Å². The number of hydrogen-bond donors (Lipinski definition) is 1. The summed E-state index contributed by atoms with van der Waals surface area (Å²) in [4.78, 5) is 27.6. The number of carbonyl (C=O) groups excluding carboxylic acids is 2. The van der Waals surface area contributed by atoms with E-state index in [0.29, 0.717) is 48.0 Å². The lowest BCUT2D eigenvalue weighted by atomic mass is 10.0. The van der Waals surface area contributed by atoms with Gasteiger partial charge in [-0.05, 0) is 56.5 Å². The van der Waals surface area contributed by atoms with Gasteiger partial charge in [0.15, 0.2) is 0 Å². The maximum absolute atomic E-state index is 13.1. The first-order valence-corrected chi connectivity index (χ1v) is 10.1. The molecule has 2 aromatic carbocycles. The Labute approximate surface area is 176 Å². The minimum absolute atomic E-state index is 0.292. The third kappa shape index (κ3) is 4.69. The second-order valence-electron chi connectivity index (χ2n) is 7.01. The smallest absolute Gasteiger partial charge is 0.278 e. The first-order chi connectivity index (χ1) is 13.9. The van der Waals surface area contributed by atoms with Crippen LogP contribution in [0.4, 0.5) is 5.69 Å². The molecular formula is C23H25ClN2O3. The molecule has 0 fully saturated rings. The summed E-state index contributed by atoms with van der Waals surface area (Å²) in [6.07, 6.45) is 0.593. The Hall–Kier alpha value is -2.63. The topological polar surface area (TPSA) is 58.6 Å². The largest absolute Gasteiger partial charge is 0.382 e. The highest BCUT2D eigenvalue weighted by Crippen LogP contribution is 2.32. The predicted octanol–water partition coefficient (Wildman–Crippen LogP) is 4.58. The second kappa shape index (κ2) is 9.25. The Balaban J connectivity index is 1.96. The number of benzene rings is 2. The van der Waals surface area contributed by atoms with Crippen molar-refractivity contribution in [1.82, 2.24) is 4.90 Å². The molecule has 0 saturated carbocycles. The lowest BCUT2D eigenvalue weighted by Crippen LogP contribution is -2.34. The van der Waals surface area contributed by atoms with Crippen LogP contribution in [-0.2, 0) is 14.3 Å². The number of rotatable bonds is 8. The van der Waals surface area contributed by atoms with Gasteiger partial charge in [0.2, 0.25) is 0 Å². The number of nitrogens with one attached hydrogen (secondary N) is 1. The highest BCUT2D eigenvalue weighted by Gasteiger charge is 2.38. The summed E-state index contributed by atoms with van der Waals surface area (Å²) < 4.78 is 5.34. The molecule has 1 aliphatic rings. The minimum atomic E-state index is -0.323. The molecule has 1 aliphatic heterocycles. The molecule has 0 unspecified atom stereocenters. The van der Waals surface area contributed by atoms with Crippen molar-refractivity contribution in [2.75, 3.05) is 25.1 Å². The summed E-state index contributed by atoms with van der Waals surface area (Å²) in [5.74, 6) is -0.627. The summed E-state index contributed by atoms with van der Waals surface area (Å²) in [5.41, 5.74) is 4.25. The molecule has 152 valence electrons. The predicted molar refractivity (Wildman–Crippen MR) is 116 cm³/mol. The average molecular weight is 413 g/mol. The van der Waals surface area contributed by atoms with Gasteiger partial charge in [-0.3, -0.25) is 14.5 Å². The van der Waals surface area contributed by atoms with E-state index in [2.05, 4.69) is 5.32 Å². The quantitative estimate of drug-likeness (QED) is 0.509. The van der Waals surface area contributed by atoms with E-state index in [1.165, 1.54) is 4.90 Å². The van der Waals surface area contributed by atoms with Gasteiger partial charge < -0.3 is 10.1 Å². The van der Waals surface area contributed by atoms with Crippen LogP contribution >= 0.6 is 11.6 Å². The third-order valence-electron chi connectivity index (χ3n) is 4.82. The van der Waals surface area contributed by atoms with Crippen molar-refractivity contribution in [1.29, 1.82) is 0 Å². The fraction of sp³-hybridized carbons (Fsp3) is 0.304. The Morgan fingerprint density at radius 2 is 1.76 bits per heavy atom. The Morgan fingerprint density at radius 3 is 2.41 bits per heavy atom. The van der Waals surface area contributed by atoms with Crippen LogP contribution in [0.15, 0.2) is 48.2 Å². The van der Waals surface area contributed by atoms with Gasteiger partial charge in [-0.15, -0.1) is 0 Å². The number of imide groups is 1.